The second-order valence-corrected chi connectivity index (χ2v) is 4.05. The van der Waals surface area contributed by atoms with Gasteiger partial charge in [-0.15, -0.1) is 0 Å². The highest BCUT2D eigenvalue weighted by Gasteiger charge is 2.08. The lowest BCUT2D eigenvalue weighted by Gasteiger charge is -2.07. The van der Waals surface area contributed by atoms with E-state index >= 15 is 0 Å². The number of fused-ring (bicyclic) bond motifs is 3. The molecule has 0 atom stereocenters. The first-order valence-electron chi connectivity index (χ1n) is 4.80. The quantitative estimate of drug-likeness (QED) is 0.594. The summed E-state index contributed by atoms with van der Waals surface area (Å²) in [6.07, 6.45) is 3.37. The van der Waals surface area contributed by atoms with Crippen LogP contribution < -0.4 is 5.56 Å². The van der Waals surface area contributed by atoms with E-state index in [2.05, 4.69) is 4.98 Å². The number of benzene rings is 1. The second kappa shape index (κ2) is 3.09. The van der Waals surface area contributed by atoms with Gasteiger partial charge in [-0.05, 0) is 18.2 Å². The number of nitrogens with zero attached hydrogens (tertiary/aromatic N) is 3. The molecule has 5 heteroatoms. The Morgan fingerprint density at radius 3 is 2.94 bits per heavy atom. The average molecular weight is 234 g/mol. The molecule has 0 fully saturated rings. The number of aryl methyl sites for hydroxylation is 1. The maximum absolute atomic E-state index is 11.9. The molecule has 0 aliphatic heterocycles. The molecular weight excluding hydrogens is 226 g/mol. The molecule has 4 nitrogen and oxygen atoms in total. The van der Waals surface area contributed by atoms with Crippen LogP contribution in [0.1, 0.15) is 0 Å². The number of rotatable bonds is 0. The van der Waals surface area contributed by atoms with Crippen molar-refractivity contribution in [3.05, 3.63) is 46.0 Å². The Morgan fingerprint density at radius 1 is 1.31 bits per heavy atom. The lowest BCUT2D eigenvalue weighted by atomic mass is 10.3. The topological polar surface area (TPSA) is 39.3 Å². The fourth-order valence-electron chi connectivity index (χ4n) is 1.89. The van der Waals surface area contributed by atoms with Crippen LogP contribution in [0.15, 0.2) is 35.4 Å². The van der Waals surface area contributed by atoms with Gasteiger partial charge in [0.05, 0.1) is 11.0 Å². The van der Waals surface area contributed by atoms with E-state index in [4.69, 9.17) is 11.6 Å². The average Bonchev–Trinajstić information content (AvgIpc) is 2.75. The third-order valence-corrected chi connectivity index (χ3v) is 2.93. The van der Waals surface area contributed by atoms with E-state index in [-0.39, 0.29) is 5.56 Å². The van der Waals surface area contributed by atoms with E-state index in [0.29, 0.717) is 10.7 Å². The molecule has 0 radical (unpaired) electrons. The third-order valence-electron chi connectivity index (χ3n) is 2.70. The summed E-state index contributed by atoms with van der Waals surface area (Å²) in [4.78, 5) is 16.0. The molecule has 0 bridgehead atoms. The predicted octanol–water partition coefficient (Wildman–Crippen LogP) is 1.84. The number of halogens is 1. The van der Waals surface area contributed by atoms with Crippen molar-refractivity contribution >= 4 is 28.3 Å². The second-order valence-electron chi connectivity index (χ2n) is 3.62. The first-order chi connectivity index (χ1) is 7.68. The molecule has 0 spiro atoms. The van der Waals surface area contributed by atoms with Crippen LogP contribution in [0, 0.1) is 0 Å². The summed E-state index contributed by atoms with van der Waals surface area (Å²) in [5.74, 6) is 0. The molecular formula is C11H8ClN3O. The Morgan fingerprint density at radius 2 is 2.12 bits per heavy atom. The number of hydrogen-bond acceptors (Lipinski definition) is 2. The van der Waals surface area contributed by atoms with Crippen molar-refractivity contribution < 1.29 is 0 Å². The van der Waals surface area contributed by atoms with E-state index in [1.165, 1.54) is 0 Å². The van der Waals surface area contributed by atoms with Gasteiger partial charge in [-0.2, -0.15) is 0 Å². The zero-order chi connectivity index (χ0) is 11.3. The maximum atomic E-state index is 11.9. The Hall–Kier alpha value is -1.81. The van der Waals surface area contributed by atoms with E-state index < -0.39 is 0 Å². The lowest BCUT2D eigenvalue weighted by molar-refractivity contribution is 0.895. The first kappa shape index (κ1) is 9.42. The van der Waals surface area contributed by atoms with Crippen LogP contribution in [-0.2, 0) is 7.05 Å². The van der Waals surface area contributed by atoms with Gasteiger partial charge in [-0.1, -0.05) is 11.6 Å². The molecule has 80 valence electrons. The van der Waals surface area contributed by atoms with Crippen LogP contribution in [0.5, 0.6) is 0 Å². The van der Waals surface area contributed by atoms with Crippen LogP contribution in [0.2, 0.25) is 5.02 Å². The zero-order valence-corrected chi connectivity index (χ0v) is 9.27. The van der Waals surface area contributed by atoms with Crippen LogP contribution in [-0.4, -0.2) is 14.0 Å². The van der Waals surface area contributed by atoms with Crippen LogP contribution >= 0.6 is 11.6 Å². The molecule has 1 aromatic carbocycles. The Kier molecular flexibility index (Phi) is 1.82. The summed E-state index contributed by atoms with van der Waals surface area (Å²) in [6, 6.07) is 5.43. The molecule has 3 rings (SSSR count). The van der Waals surface area contributed by atoms with Crippen molar-refractivity contribution in [1.82, 2.24) is 14.0 Å². The van der Waals surface area contributed by atoms with Crippen molar-refractivity contribution in [3.63, 3.8) is 0 Å². The van der Waals surface area contributed by atoms with Gasteiger partial charge in [0.2, 0.25) is 5.65 Å². The first-order valence-corrected chi connectivity index (χ1v) is 5.17. The summed E-state index contributed by atoms with van der Waals surface area (Å²) < 4.78 is 3.33. The van der Waals surface area contributed by atoms with Crippen LogP contribution in [0.4, 0.5) is 0 Å². The van der Waals surface area contributed by atoms with Crippen LogP contribution in [0.25, 0.3) is 16.7 Å². The summed E-state index contributed by atoms with van der Waals surface area (Å²) in [5, 5.41) is 0.640. The molecule has 0 saturated heterocycles. The molecule has 0 saturated carbocycles. The fraction of sp³-hybridized carbons (Fsp3) is 0.0909. The van der Waals surface area contributed by atoms with Gasteiger partial charge >= 0.3 is 0 Å². The van der Waals surface area contributed by atoms with E-state index in [9.17, 15) is 4.79 Å². The highest BCUT2D eigenvalue weighted by atomic mass is 35.5. The molecule has 0 aliphatic carbocycles. The van der Waals surface area contributed by atoms with Gasteiger partial charge in [-0.3, -0.25) is 9.20 Å². The SMILES string of the molecule is Cn1c(=O)c2nccn2c2cc(Cl)ccc21. The van der Waals surface area contributed by atoms with Crippen molar-refractivity contribution in [2.45, 2.75) is 0 Å². The van der Waals surface area contributed by atoms with Gasteiger partial charge in [0.25, 0.3) is 5.56 Å². The summed E-state index contributed by atoms with van der Waals surface area (Å²) in [5.41, 5.74) is 2.01. The molecule has 16 heavy (non-hydrogen) atoms. The highest BCUT2D eigenvalue weighted by molar-refractivity contribution is 6.31. The summed E-state index contributed by atoms with van der Waals surface area (Å²) in [7, 11) is 1.73. The number of aromatic nitrogens is 3. The normalized spacial score (nSPS) is 11.4. The zero-order valence-electron chi connectivity index (χ0n) is 8.51. The van der Waals surface area contributed by atoms with Crippen molar-refractivity contribution in [2.24, 2.45) is 7.05 Å². The Balaban J connectivity index is 2.72. The van der Waals surface area contributed by atoms with Gasteiger partial charge in [0.1, 0.15) is 0 Å². The van der Waals surface area contributed by atoms with Crippen LogP contribution in [0.3, 0.4) is 0 Å². The summed E-state index contributed by atoms with van der Waals surface area (Å²) >= 11 is 5.96. The lowest BCUT2D eigenvalue weighted by Crippen LogP contribution is -2.20. The third kappa shape index (κ3) is 1.10. The fourth-order valence-corrected chi connectivity index (χ4v) is 2.05. The molecule has 2 heterocycles. The molecule has 0 unspecified atom stereocenters. The van der Waals surface area contributed by atoms with Gasteiger partial charge in [0, 0.05) is 24.5 Å². The molecule has 0 amide bonds. The molecule has 0 N–H and O–H groups in total. The number of hydrogen-bond donors (Lipinski definition) is 0. The van der Waals surface area contributed by atoms with Crippen molar-refractivity contribution in [2.75, 3.05) is 0 Å². The monoisotopic (exact) mass is 233 g/mol. The van der Waals surface area contributed by atoms with Crippen molar-refractivity contribution in [1.29, 1.82) is 0 Å². The van der Waals surface area contributed by atoms with Gasteiger partial charge in [0.15, 0.2) is 0 Å². The predicted molar refractivity (Wildman–Crippen MR) is 62.9 cm³/mol. The Bertz CT molecular complexity index is 757. The smallest absolute Gasteiger partial charge is 0.294 e. The minimum absolute atomic E-state index is 0.111. The largest absolute Gasteiger partial charge is 0.307 e. The van der Waals surface area contributed by atoms with E-state index in [1.807, 2.05) is 12.1 Å². The van der Waals surface area contributed by atoms with E-state index in [1.54, 1.807) is 34.5 Å². The number of imidazole rings is 1. The van der Waals surface area contributed by atoms with Gasteiger partial charge in [-0.25, -0.2) is 4.98 Å². The molecule has 3 aromatic rings. The minimum atomic E-state index is -0.111. The molecule has 2 aromatic heterocycles. The highest BCUT2D eigenvalue weighted by Crippen LogP contribution is 2.18. The molecule has 0 aliphatic rings. The Labute approximate surface area is 95.7 Å². The maximum Gasteiger partial charge on any atom is 0.294 e. The van der Waals surface area contributed by atoms with Crippen molar-refractivity contribution in [3.8, 4) is 0 Å². The minimum Gasteiger partial charge on any atom is -0.307 e. The van der Waals surface area contributed by atoms with Gasteiger partial charge < -0.3 is 4.57 Å². The standard InChI is InChI=1S/C11H8ClN3O/c1-14-8-3-2-7(12)6-9(8)15-5-4-13-10(15)11(14)16/h2-6H,1H3. The van der Waals surface area contributed by atoms with E-state index in [0.717, 1.165) is 11.0 Å². The summed E-state index contributed by atoms with van der Waals surface area (Å²) in [6.45, 7) is 0.